The molecule has 4 saturated carbocycles. The second-order valence-corrected chi connectivity index (χ2v) is 6.79. The zero-order chi connectivity index (χ0) is 10.0. The van der Waals surface area contributed by atoms with Gasteiger partial charge < -0.3 is 0 Å². The Kier molecular flexibility index (Phi) is 1.73. The molecule has 0 aromatic rings. The van der Waals surface area contributed by atoms with E-state index in [1.165, 1.54) is 32.1 Å². The summed E-state index contributed by atoms with van der Waals surface area (Å²) < 4.78 is 22.1. The molecule has 1 saturated heterocycles. The van der Waals surface area contributed by atoms with E-state index in [1.54, 1.807) is 0 Å². The average Bonchev–Trinajstić information content (AvgIpc) is 2.19. The van der Waals surface area contributed by atoms with Gasteiger partial charge in [-0.05, 0) is 49.9 Å². The summed E-state index contributed by atoms with van der Waals surface area (Å²) in [4.78, 5) is 0. The van der Waals surface area contributed by atoms with Gasteiger partial charge in [-0.2, -0.15) is 4.21 Å². The molecule has 4 unspecified atom stereocenters. The molecule has 0 aromatic heterocycles. The summed E-state index contributed by atoms with van der Waals surface area (Å²) in [6.07, 6.45) is 6.78. The third-order valence-electron chi connectivity index (χ3n) is 4.99. The smallest absolute Gasteiger partial charge is 0.268 e. The van der Waals surface area contributed by atoms with Gasteiger partial charge in [0.15, 0.2) is 0 Å². The Morgan fingerprint density at radius 2 is 1.87 bits per heavy atom. The van der Waals surface area contributed by atoms with Gasteiger partial charge in [-0.15, -0.1) is 0 Å². The second kappa shape index (κ2) is 2.84. The Morgan fingerprint density at radius 1 is 1.13 bits per heavy atom. The van der Waals surface area contributed by atoms with Crippen LogP contribution in [0.2, 0.25) is 0 Å². The lowest BCUT2D eigenvalue weighted by atomic mass is 9.48. The van der Waals surface area contributed by atoms with E-state index >= 15 is 0 Å². The molecule has 3 nitrogen and oxygen atoms in total. The van der Waals surface area contributed by atoms with Crippen LogP contribution in [0.5, 0.6) is 0 Å². The first-order chi connectivity index (χ1) is 7.25. The van der Waals surface area contributed by atoms with E-state index in [4.69, 9.17) is 8.37 Å². The van der Waals surface area contributed by atoms with Crippen LogP contribution in [0, 0.1) is 23.2 Å². The SMILES string of the molecule is O=S1OCC23C[C@@H]4CC(C[C@@H](C4)C2)C3O1. The molecule has 0 aromatic carbocycles. The zero-order valence-electron chi connectivity index (χ0n) is 8.69. The van der Waals surface area contributed by atoms with Crippen LogP contribution in [-0.4, -0.2) is 16.9 Å². The lowest BCUT2D eigenvalue weighted by molar-refractivity contribution is -0.173. The van der Waals surface area contributed by atoms with Gasteiger partial charge in [0.25, 0.3) is 0 Å². The van der Waals surface area contributed by atoms with Gasteiger partial charge in [-0.25, -0.2) is 0 Å². The molecule has 0 amide bonds. The summed E-state index contributed by atoms with van der Waals surface area (Å²) >= 11 is -1.47. The first-order valence-electron chi connectivity index (χ1n) is 5.97. The monoisotopic (exact) mass is 228 g/mol. The molecule has 5 fully saturated rings. The predicted molar refractivity (Wildman–Crippen MR) is 55.0 cm³/mol. The van der Waals surface area contributed by atoms with Gasteiger partial charge in [0.1, 0.15) is 0 Å². The summed E-state index contributed by atoms with van der Waals surface area (Å²) in [5.41, 5.74) is 0.239. The lowest BCUT2D eigenvalue weighted by Crippen LogP contribution is -2.60. The zero-order valence-corrected chi connectivity index (χ0v) is 9.50. The van der Waals surface area contributed by atoms with E-state index in [-0.39, 0.29) is 11.5 Å². The summed E-state index contributed by atoms with van der Waals surface area (Å²) in [5.74, 6) is 2.47. The van der Waals surface area contributed by atoms with Crippen molar-refractivity contribution in [1.29, 1.82) is 0 Å². The average molecular weight is 228 g/mol. The van der Waals surface area contributed by atoms with Gasteiger partial charge in [-0.1, -0.05) is 0 Å². The minimum absolute atomic E-state index is 0.236. The molecule has 1 aliphatic heterocycles. The van der Waals surface area contributed by atoms with Crippen LogP contribution in [0.4, 0.5) is 0 Å². The molecule has 5 aliphatic rings. The third kappa shape index (κ3) is 1.16. The Hall–Kier alpha value is 0.0700. The van der Waals surface area contributed by atoms with Crippen molar-refractivity contribution in [2.24, 2.45) is 23.2 Å². The van der Waals surface area contributed by atoms with Gasteiger partial charge in [0, 0.05) is 5.41 Å². The van der Waals surface area contributed by atoms with Crippen molar-refractivity contribution >= 4 is 11.4 Å². The van der Waals surface area contributed by atoms with E-state index < -0.39 is 11.4 Å². The van der Waals surface area contributed by atoms with Crippen LogP contribution in [0.1, 0.15) is 32.1 Å². The van der Waals surface area contributed by atoms with Crippen molar-refractivity contribution in [3.05, 3.63) is 0 Å². The molecule has 5 rings (SSSR count). The molecule has 1 heterocycles. The van der Waals surface area contributed by atoms with E-state index in [1.807, 2.05) is 0 Å². The van der Waals surface area contributed by atoms with Crippen molar-refractivity contribution < 1.29 is 12.6 Å². The van der Waals surface area contributed by atoms with Crippen molar-refractivity contribution in [1.82, 2.24) is 0 Å². The lowest BCUT2D eigenvalue weighted by Gasteiger charge is -2.61. The minimum atomic E-state index is -1.47. The maximum Gasteiger partial charge on any atom is 0.304 e. The summed E-state index contributed by atoms with van der Waals surface area (Å²) in [7, 11) is 0. The standard InChI is InChI=1S/C11H16O3S/c12-15-13-6-11-4-7-1-8(5-11)3-9(2-7)10(11)14-15/h7-10H,1-6H2/t7-,8+,9?,10?,11?,15?. The van der Waals surface area contributed by atoms with Crippen LogP contribution >= 0.6 is 0 Å². The topological polar surface area (TPSA) is 35.5 Å². The van der Waals surface area contributed by atoms with E-state index in [2.05, 4.69) is 0 Å². The molecule has 1 spiro atoms. The Labute approximate surface area is 92.4 Å². The first-order valence-corrected chi connectivity index (χ1v) is 6.97. The largest absolute Gasteiger partial charge is 0.304 e. The highest BCUT2D eigenvalue weighted by atomic mass is 32.2. The fourth-order valence-corrected chi connectivity index (χ4v) is 5.74. The van der Waals surface area contributed by atoms with E-state index in [9.17, 15) is 4.21 Å². The van der Waals surface area contributed by atoms with Crippen molar-refractivity contribution in [3.63, 3.8) is 0 Å². The van der Waals surface area contributed by atoms with E-state index in [0.717, 1.165) is 11.8 Å². The van der Waals surface area contributed by atoms with Gasteiger partial charge >= 0.3 is 11.4 Å². The normalized spacial score (nSPS) is 61.7. The summed E-state index contributed by atoms with van der Waals surface area (Å²) in [6, 6.07) is 0. The highest BCUT2D eigenvalue weighted by Crippen LogP contribution is 2.62. The molecule has 84 valence electrons. The third-order valence-corrected chi connectivity index (χ3v) is 5.66. The molecular weight excluding hydrogens is 212 g/mol. The highest BCUT2D eigenvalue weighted by Gasteiger charge is 2.60. The second-order valence-electron chi connectivity index (χ2n) is 5.95. The maximum absolute atomic E-state index is 11.3. The molecule has 6 atom stereocenters. The van der Waals surface area contributed by atoms with Crippen LogP contribution in [-0.2, 0) is 19.7 Å². The maximum atomic E-state index is 11.3. The molecule has 0 radical (unpaired) electrons. The van der Waals surface area contributed by atoms with Crippen molar-refractivity contribution in [2.75, 3.05) is 6.61 Å². The van der Waals surface area contributed by atoms with E-state index in [0.29, 0.717) is 12.5 Å². The van der Waals surface area contributed by atoms with Crippen LogP contribution in [0.25, 0.3) is 0 Å². The van der Waals surface area contributed by atoms with Gasteiger partial charge in [0.05, 0.1) is 12.7 Å². The minimum Gasteiger partial charge on any atom is -0.268 e. The number of hydrogen-bond acceptors (Lipinski definition) is 3. The molecule has 15 heavy (non-hydrogen) atoms. The first kappa shape index (κ1) is 9.14. The summed E-state index contributed by atoms with van der Waals surface area (Å²) in [5, 5.41) is 0. The number of hydrogen-bond donors (Lipinski definition) is 0. The van der Waals surface area contributed by atoms with Crippen LogP contribution in [0.15, 0.2) is 0 Å². The highest BCUT2D eigenvalue weighted by molar-refractivity contribution is 7.75. The van der Waals surface area contributed by atoms with Crippen molar-refractivity contribution in [3.8, 4) is 0 Å². The van der Waals surface area contributed by atoms with Gasteiger partial charge in [-0.3, -0.25) is 8.37 Å². The molecule has 4 heteroatoms. The Bertz CT molecular complexity index is 316. The Morgan fingerprint density at radius 3 is 2.60 bits per heavy atom. The Balaban J connectivity index is 1.74. The predicted octanol–water partition coefficient (Wildman–Crippen LogP) is 1.81. The van der Waals surface area contributed by atoms with Crippen LogP contribution < -0.4 is 0 Å². The van der Waals surface area contributed by atoms with Crippen molar-refractivity contribution in [2.45, 2.75) is 38.2 Å². The molecule has 4 aliphatic carbocycles. The fraction of sp³-hybridized carbons (Fsp3) is 1.00. The summed E-state index contributed by atoms with van der Waals surface area (Å²) in [6.45, 7) is 0.674. The quantitative estimate of drug-likeness (QED) is 0.634. The van der Waals surface area contributed by atoms with Crippen LogP contribution in [0.3, 0.4) is 0 Å². The fourth-order valence-electron chi connectivity index (χ4n) is 4.82. The van der Waals surface area contributed by atoms with Gasteiger partial charge in [0.2, 0.25) is 0 Å². The number of rotatable bonds is 0. The molecular formula is C11H16O3S. The molecule has 0 N–H and O–H groups in total. The molecule has 4 bridgehead atoms.